The van der Waals surface area contributed by atoms with Crippen LogP contribution < -0.4 is 5.32 Å². The van der Waals surface area contributed by atoms with E-state index in [4.69, 9.17) is 9.52 Å². The Morgan fingerprint density at radius 3 is 3.24 bits per heavy atom. The minimum absolute atomic E-state index is 0.515. The summed E-state index contributed by atoms with van der Waals surface area (Å²) in [6.45, 7) is 1.17. The van der Waals surface area contributed by atoms with Gasteiger partial charge in [0.25, 0.3) is 0 Å². The van der Waals surface area contributed by atoms with Gasteiger partial charge in [-0.2, -0.15) is 0 Å². The van der Waals surface area contributed by atoms with Crippen molar-refractivity contribution in [3.8, 4) is 0 Å². The third-order valence-electron chi connectivity index (χ3n) is 2.25. The maximum absolute atomic E-state index is 10.2. The number of nitrogens with zero attached hydrogens (tertiary/aromatic N) is 1. The molecule has 0 aliphatic carbocycles. The van der Waals surface area contributed by atoms with Gasteiger partial charge in [0.05, 0.1) is 0 Å². The molecule has 1 heterocycles. The average Bonchev–Trinajstić information content (AvgIpc) is 2.75. The molecule has 0 spiro atoms. The molecule has 17 heavy (non-hydrogen) atoms. The zero-order valence-electron chi connectivity index (χ0n) is 9.09. The van der Waals surface area contributed by atoms with Crippen molar-refractivity contribution < 1.29 is 14.3 Å². The van der Waals surface area contributed by atoms with Crippen molar-refractivity contribution >= 4 is 17.1 Å². The lowest BCUT2D eigenvalue weighted by Crippen LogP contribution is -2.13. The van der Waals surface area contributed by atoms with Gasteiger partial charge >= 0.3 is 5.97 Å². The molecular formula is C12H12N2O3. The van der Waals surface area contributed by atoms with Crippen molar-refractivity contribution in [1.29, 1.82) is 0 Å². The van der Waals surface area contributed by atoms with Gasteiger partial charge in [0.1, 0.15) is 5.52 Å². The fourth-order valence-corrected chi connectivity index (χ4v) is 1.47. The number of fused-ring (bicyclic) bond motifs is 1. The summed E-state index contributed by atoms with van der Waals surface area (Å²) in [7, 11) is 0. The molecule has 88 valence electrons. The quantitative estimate of drug-likeness (QED) is 0.604. The van der Waals surface area contributed by atoms with Crippen molar-refractivity contribution in [2.75, 3.05) is 6.54 Å². The average molecular weight is 232 g/mol. The highest BCUT2D eigenvalue weighted by molar-refractivity contribution is 5.79. The molecule has 0 atom stereocenters. The van der Waals surface area contributed by atoms with Gasteiger partial charge in [-0.15, -0.1) is 0 Å². The molecule has 0 radical (unpaired) electrons. The summed E-state index contributed by atoms with van der Waals surface area (Å²) < 4.78 is 5.19. The second-order valence-electron chi connectivity index (χ2n) is 3.53. The third kappa shape index (κ3) is 3.15. The molecule has 2 rings (SSSR count). The molecule has 0 saturated carbocycles. The first-order valence-electron chi connectivity index (χ1n) is 5.18. The van der Waals surface area contributed by atoms with E-state index < -0.39 is 5.97 Å². The Hall–Kier alpha value is -2.14. The normalized spacial score (nSPS) is 11.3. The third-order valence-corrected chi connectivity index (χ3v) is 2.25. The lowest BCUT2D eigenvalue weighted by Gasteiger charge is -2.01. The first-order valence-corrected chi connectivity index (χ1v) is 5.18. The predicted molar refractivity (Wildman–Crippen MR) is 62.5 cm³/mol. The molecular weight excluding hydrogens is 220 g/mol. The largest absolute Gasteiger partial charge is 0.478 e. The summed E-state index contributed by atoms with van der Waals surface area (Å²) in [6.07, 6.45) is 4.10. The van der Waals surface area contributed by atoms with E-state index in [9.17, 15) is 4.79 Å². The number of hydrogen-bond acceptors (Lipinski definition) is 4. The summed E-state index contributed by atoms with van der Waals surface area (Å²) in [5, 5.41) is 11.5. The van der Waals surface area contributed by atoms with Crippen molar-refractivity contribution in [3.05, 3.63) is 42.3 Å². The highest BCUT2D eigenvalue weighted by Gasteiger charge is 1.99. The van der Waals surface area contributed by atoms with E-state index in [0.717, 1.165) is 22.7 Å². The summed E-state index contributed by atoms with van der Waals surface area (Å²) in [6, 6.07) is 5.76. The fourth-order valence-electron chi connectivity index (χ4n) is 1.47. The van der Waals surface area contributed by atoms with Crippen LogP contribution in [0.1, 0.15) is 5.56 Å². The number of carboxylic acid groups (broad SMARTS) is 1. The maximum Gasteiger partial charge on any atom is 0.328 e. The van der Waals surface area contributed by atoms with Gasteiger partial charge < -0.3 is 14.8 Å². The lowest BCUT2D eigenvalue weighted by atomic mass is 10.2. The first kappa shape index (κ1) is 11.3. The van der Waals surface area contributed by atoms with Crippen molar-refractivity contribution in [3.63, 3.8) is 0 Å². The molecule has 2 N–H and O–H groups in total. The highest BCUT2D eigenvalue weighted by Crippen LogP contribution is 2.13. The number of hydrogen-bond donors (Lipinski definition) is 2. The number of oxazole rings is 1. The van der Waals surface area contributed by atoms with Crippen LogP contribution in [0.15, 0.2) is 41.2 Å². The molecule has 5 nitrogen and oxygen atoms in total. The molecule has 0 bridgehead atoms. The SMILES string of the molecule is O=C(O)/C=C/CNCc1ccc2ncoc2c1. The Morgan fingerprint density at radius 1 is 1.53 bits per heavy atom. The summed E-state index contributed by atoms with van der Waals surface area (Å²) in [4.78, 5) is 14.2. The Morgan fingerprint density at radius 2 is 2.41 bits per heavy atom. The monoisotopic (exact) mass is 232 g/mol. The second-order valence-corrected chi connectivity index (χ2v) is 3.53. The van der Waals surface area contributed by atoms with Crippen LogP contribution in [0.3, 0.4) is 0 Å². The lowest BCUT2D eigenvalue weighted by molar-refractivity contribution is -0.131. The number of aliphatic carboxylic acids is 1. The van der Waals surface area contributed by atoms with E-state index >= 15 is 0 Å². The highest BCUT2D eigenvalue weighted by atomic mass is 16.4. The van der Waals surface area contributed by atoms with Gasteiger partial charge in [-0.05, 0) is 17.7 Å². The zero-order chi connectivity index (χ0) is 12.1. The Labute approximate surface area is 97.8 Å². The van der Waals surface area contributed by atoms with Crippen molar-refractivity contribution in [2.45, 2.75) is 6.54 Å². The van der Waals surface area contributed by atoms with Gasteiger partial charge in [0.15, 0.2) is 12.0 Å². The van der Waals surface area contributed by atoms with E-state index in [1.165, 1.54) is 6.39 Å². The zero-order valence-corrected chi connectivity index (χ0v) is 9.09. The molecule has 0 amide bonds. The van der Waals surface area contributed by atoms with Gasteiger partial charge in [-0.25, -0.2) is 9.78 Å². The van der Waals surface area contributed by atoms with Crippen LogP contribution in [-0.4, -0.2) is 22.6 Å². The maximum atomic E-state index is 10.2. The molecule has 1 aromatic heterocycles. The van der Waals surface area contributed by atoms with Gasteiger partial charge in [-0.3, -0.25) is 0 Å². The first-order chi connectivity index (χ1) is 8.25. The van der Waals surface area contributed by atoms with Crippen LogP contribution in [0.4, 0.5) is 0 Å². The number of carboxylic acids is 1. The Bertz CT molecular complexity index is 545. The molecule has 0 unspecified atom stereocenters. The Kier molecular flexibility index (Phi) is 3.52. The van der Waals surface area contributed by atoms with Crippen molar-refractivity contribution in [1.82, 2.24) is 10.3 Å². The van der Waals surface area contributed by atoms with Gasteiger partial charge in [0.2, 0.25) is 0 Å². The molecule has 0 aliphatic heterocycles. The van der Waals surface area contributed by atoms with E-state index in [0.29, 0.717) is 13.1 Å². The molecule has 5 heteroatoms. The summed E-state index contributed by atoms with van der Waals surface area (Å²) in [5.41, 5.74) is 2.66. The van der Waals surface area contributed by atoms with Crippen LogP contribution in [0.5, 0.6) is 0 Å². The van der Waals surface area contributed by atoms with Crippen LogP contribution >= 0.6 is 0 Å². The van der Waals surface area contributed by atoms with Crippen LogP contribution in [0, 0.1) is 0 Å². The molecule has 0 fully saturated rings. The van der Waals surface area contributed by atoms with E-state index in [1.54, 1.807) is 6.08 Å². The Balaban J connectivity index is 1.88. The van der Waals surface area contributed by atoms with E-state index in [-0.39, 0.29) is 0 Å². The van der Waals surface area contributed by atoms with Crippen LogP contribution in [0.25, 0.3) is 11.1 Å². The number of aromatic nitrogens is 1. The second kappa shape index (κ2) is 5.27. The molecule has 2 aromatic rings. The van der Waals surface area contributed by atoms with Gasteiger partial charge in [-0.1, -0.05) is 12.1 Å². The van der Waals surface area contributed by atoms with Crippen LogP contribution in [-0.2, 0) is 11.3 Å². The standard InChI is InChI=1S/C12H12N2O3/c15-12(16)2-1-5-13-7-9-3-4-10-11(6-9)17-8-14-10/h1-4,6,8,13H,5,7H2,(H,15,16)/b2-1+. The smallest absolute Gasteiger partial charge is 0.328 e. The number of rotatable bonds is 5. The minimum atomic E-state index is -0.935. The summed E-state index contributed by atoms with van der Waals surface area (Å²) >= 11 is 0. The van der Waals surface area contributed by atoms with Crippen molar-refractivity contribution in [2.24, 2.45) is 0 Å². The van der Waals surface area contributed by atoms with Gasteiger partial charge in [0, 0.05) is 19.2 Å². The van der Waals surface area contributed by atoms with E-state index in [1.807, 2.05) is 18.2 Å². The predicted octanol–water partition coefficient (Wildman–Crippen LogP) is 1.56. The van der Waals surface area contributed by atoms with Crippen LogP contribution in [0.2, 0.25) is 0 Å². The fraction of sp³-hybridized carbons (Fsp3) is 0.167. The number of carbonyl (C=O) groups is 1. The number of benzene rings is 1. The number of nitrogens with one attached hydrogen (secondary N) is 1. The van der Waals surface area contributed by atoms with E-state index in [2.05, 4.69) is 10.3 Å². The minimum Gasteiger partial charge on any atom is -0.478 e. The molecule has 0 saturated heterocycles. The molecule has 0 aliphatic rings. The summed E-state index contributed by atoms with van der Waals surface area (Å²) in [5.74, 6) is -0.935. The molecule has 1 aromatic carbocycles. The topological polar surface area (TPSA) is 75.4 Å².